The lowest BCUT2D eigenvalue weighted by molar-refractivity contribution is -0.384. The Kier molecular flexibility index (Phi) is 5.92. The lowest BCUT2D eigenvalue weighted by Gasteiger charge is -2.31. The zero-order chi connectivity index (χ0) is 19.4. The fourth-order valence-corrected chi connectivity index (χ4v) is 2.38. The zero-order valence-corrected chi connectivity index (χ0v) is 13.9. The van der Waals surface area contributed by atoms with Crippen LogP contribution in [0.15, 0.2) is 29.5 Å². The Balaban J connectivity index is 2.66. The highest BCUT2D eigenvalue weighted by molar-refractivity contribution is 6.58. The normalized spacial score (nSPS) is 14.1. The van der Waals surface area contributed by atoms with Crippen molar-refractivity contribution >= 4 is 35.9 Å². The van der Waals surface area contributed by atoms with Crippen LogP contribution in [0.4, 0.5) is 11.4 Å². The van der Waals surface area contributed by atoms with Crippen LogP contribution in [0.25, 0.3) is 0 Å². The molecule has 0 saturated carbocycles. The molecule has 11 nitrogen and oxygen atoms in total. The minimum atomic E-state index is -1.98. The Morgan fingerprint density at radius 2 is 1.88 bits per heavy atom. The summed E-state index contributed by atoms with van der Waals surface area (Å²) in [7, 11) is 0.246. The first-order valence-corrected chi connectivity index (χ1v) is 7.20. The molecule has 1 aliphatic heterocycles. The molecule has 1 aromatic rings. The summed E-state index contributed by atoms with van der Waals surface area (Å²) in [4.78, 5) is 35.7. The van der Waals surface area contributed by atoms with E-state index in [1.54, 1.807) is 0 Å². The number of methoxy groups -OCH3 is 2. The molecule has 1 aliphatic rings. The summed E-state index contributed by atoms with van der Waals surface area (Å²) >= 11 is 0. The van der Waals surface area contributed by atoms with Gasteiger partial charge in [-0.15, -0.1) is 0 Å². The fraction of sp³-hybridized carbons (Fsp3) is 0.286. The van der Waals surface area contributed by atoms with Crippen LogP contribution in [-0.2, 0) is 23.8 Å². The van der Waals surface area contributed by atoms with Gasteiger partial charge >= 0.3 is 19.1 Å². The number of carbonyl (C=O) groups is 2. The van der Waals surface area contributed by atoms with Crippen molar-refractivity contribution in [2.24, 2.45) is 0 Å². The summed E-state index contributed by atoms with van der Waals surface area (Å²) in [5.74, 6) is -1.71. The Bertz CT molecular complexity index is 778. The number of hydrogen-bond donors (Lipinski definition) is 2. The van der Waals surface area contributed by atoms with E-state index in [9.17, 15) is 29.8 Å². The van der Waals surface area contributed by atoms with Crippen molar-refractivity contribution in [1.29, 1.82) is 0 Å². The van der Waals surface area contributed by atoms with Crippen LogP contribution in [-0.4, -0.2) is 61.6 Å². The van der Waals surface area contributed by atoms with Gasteiger partial charge in [-0.1, -0.05) is 0 Å². The maximum atomic E-state index is 12.2. The third-order valence-corrected chi connectivity index (χ3v) is 3.58. The molecule has 0 fully saturated rings. The number of benzene rings is 1. The molecular formula is C14H15BN2O9. The average molecular weight is 366 g/mol. The molecule has 2 N–H and O–H groups in total. The molecule has 0 amide bonds. The second-order valence-electron chi connectivity index (χ2n) is 5.13. The maximum absolute atomic E-state index is 12.2. The Labute approximate surface area is 147 Å². The summed E-state index contributed by atoms with van der Waals surface area (Å²) in [6.45, 7) is -0.453. The van der Waals surface area contributed by atoms with Crippen molar-refractivity contribution in [1.82, 2.24) is 0 Å². The molecule has 26 heavy (non-hydrogen) atoms. The first-order valence-electron chi connectivity index (χ1n) is 7.20. The van der Waals surface area contributed by atoms with Crippen LogP contribution in [0.2, 0.25) is 0 Å². The smallest absolute Gasteiger partial charge is 0.466 e. The van der Waals surface area contributed by atoms with E-state index in [4.69, 9.17) is 4.74 Å². The van der Waals surface area contributed by atoms with Crippen LogP contribution in [0.3, 0.4) is 0 Å². The molecule has 0 unspecified atom stereocenters. The van der Waals surface area contributed by atoms with Crippen molar-refractivity contribution in [2.75, 3.05) is 32.5 Å². The van der Waals surface area contributed by atoms with Gasteiger partial charge in [0.25, 0.3) is 5.69 Å². The second kappa shape index (κ2) is 7.95. The van der Waals surface area contributed by atoms with Crippen LogP contribution in [0.1, 0.15) is 0 Å². The van der Waals surface area contributed by atoms with Gasteiger partial charge in [-0.2, -0.15) is 0 Å². The molecule has 1 heterocycles. The number of carbonyl (C=O) groups excluding carboxylic acids is 2. The lowest BCUT2D eigenvalue weighted by Crippen LogP contribution is -2.40. The van der Waals surface area contributed by atoms with Gasteiger partial charge in [-0.25, -0.2) is 9.59 Å². The van der Waals surface area contributed by atoms with Gasteiger partial charge in [0.2, 0.25) is 0 Å². The predicted octanol–water partition coefficient (Wildman–Crippen LogP) is -1.33. The second-order valence-corrected chi connectivity index (χ2v) is 5.13. The van der Waals surface area contributed by atoms with E-state index >= 15 is 0 Å². The molecule has 0 aromatic heterocycles. The third-order valence-electron chi connectivity index (χ3n) is 3.58. The molecule has 0 radical (unpaired) electrons. The Hall–Kier alpha value is -2.96. The summed E-state index contributed by atoms with van der Waals surface area (Å²) < 4.78 is 14.6. The molecule has 138 valence electrons. The lowest BCUT2D eigenvalue weighted by atomic mass is 9.79. The number of nitro groups is 1. The highest BCUT2D eigenvalue weighted by Crippen LogP contribution is 2.28. The molecule has 1 aromatic carbocycles. The standard InChI is InChI=1S/C14H15BN2O9/c1-24-13(18)11-6-26-7-16(12(11)14(19)25-2)9-3-8(15(20)21)4-10(5-9)17(22)23/h3-5,20-21H,6-7H2,1-2H3. The van der Waals surface area contributed by atoms with E-state index in [2.05, 4.69) is 9.47 Å². The summed E-state index contributed by atoms with van der Waals surface area (Å²) in [6.07, 6.45) is 0. The number of esters is 2. The number of anilines is 1. The van der Waals surface area contributed by atoms with Gasteiger partial charge < -0.3 is 29.2 Å². The largest absolute Gasteiger partial charge is 0.488 e. The van der Waals surface area contributed by atoms with E-state index in [1.165, 1.54) is 6.07 Å². The number of nitrogens with zero attached hydrogens (tertiary/aromatic N) is 2. The fourth-order valence-electron chi connectivity index (χ4n) is 2.38. The summed E-state index contributed by atoms with van der Waals surface area (Å²) in [5.41, 5.74) is -0.944. The van der Waals surface area contributed by atoms with Crippen LogP contribution < -0.4 is 10.4 Å². The molecule has 0 atom stereocenters. The Morgan fingerprint density at radius 1 is 1.23 bits per heavy atom. The zero-order valence-electron chi connectivity index (χ0n) is 13.9. The number of non-ortho nitro benzene ring substituents is 1. The van der Waals surface area contributed by atoms with E-state index in [0.717, 1.165) is 31.3 Å². The topological polar surface area (TPSA) is 149 Å². The minimum absolute atomic E-state index is 0.0313. The molecular weight excluding hydrogens is 351 g/mol. The predicted molar refractivity (Wildman–Crippen MR) is 87.3 cm³/mol. The van der Waals surface area contributed by atoms with E-state index in [-0.39, 0.29) is 35.8 Å². The van der Waals surface area contributed by atoms with Crippen molar-refractivity contribution in [3.63, 3.8) is 0 Å². The van der Waals surface area contributed by atoms with Crippen molar-refractivity contribution in [3.05, 3.63) is 39.6 Å². The SMILES string of the molecule is COC(=O)C1=C(C(=O)OC)N(c2cc(B(O)O)cc([N+](=O)[O-])c2)COC1. The van der Waals surface area contributed by atoms with Gasteiger partial charge in [0.05, 0.1) is 37.0 Å². The van der Waals surface area contributed by atoms with Gasteiger partial charge in [0, 0.05) is 12.1 Å². The van der Waals surface area contributed by atoms with Crippen molar-refractivity contribution < 1.29 is 38.8 Å². The molecule has 0 aliphatic carbocycles. The third kappa shape index (κ3) is 3.82. The van der Waals surface area contributed by atoms with Crippen LogP contribution >= 0.6 is 0 Å². The quantitative estimate of drug-likeness (QED) is 0.278. The Morgan fingerprint density at radius 3 is 2.42 bits per heavy atom. The summed E-state index contributed by atoms with van der Waals surface area (Å²) in [5, 5.41) is 29.8. The van der Waals surface area contributed by atoms with Gasteiger partial charge in [0.1, 0.15) is 12.4 Å². The van der Waals surface area contributed by atoms with Gasteiger partial charge in [-0.3, -0.25) is 10.1 Å². The molecule has 12 heteroatoms. The van der Waals surface area contributed by atoms with Gasteiger partial charge in [-0.05, 0) is 11.5 Å². The first kappa shape index (κ1) is 19.4. The number of rotatable bonds is 5. The first-order chi connectivity index (χ1) is 12.3. The van der Waals surface area contributed by atoms with Gasteiger partial charge in [0.15, 0.2) is 0 Å². The molecule has 0 bridgehead atoms. The van der Waals surface area contributed by atoms with Crippen molar-refractivity contribution in [2.45, 2.75) is 0 Å². The highest BCUT2D eigenvalue weighted by atomic mass is 16.6. The van der Waals surface area contributed by atoms with Crippen LogP contribution in [0.5, 0.6) is 0 Å². The number of nitro benzene ring substituents is 1. The van der Waals surface area contributed by atoms with E-state index in [1.807, 2.05) is 0 Å². The highest BCUT2D eigenvalue weighted by Gasteiger charge is 2.33. The summed E-state index contributed by atoms with van der Waals surface area (Å²) in [6, 6.07) is 3.28. The molecule has 2 rings (SSSR count). The van der Waals surface area contributed by atoms with Crippen molar-refractivity contribution in [3.8, 4) is 0 Å². The maximum Gasteiger partial charge on any atom is 0.488 e. The number of ether oxygens (including phenoxy) is 3. The monoisotopic (exact) mass is 366 g/mol. The number of hydrogen-bond acceptors (Lipinski definition) is 10. The molecule has 0 saturated heterocycles. The average Bonchev–Trinajstić information content (AvgIpc) is 2.65. The van der Waals surface area contributed by atoms with E-state index in [0.29, 0.717) is 0 Å². The minimum Gasteiger partial charge on any atom is -0.466 e. The molecule has 0 spiro atoms. The van der Waals surface area contributed by atoms with Crippen LogP contribution in [0, 0.1) is 10.1 Å². The van der Waals surface area contributed by atoms with E-state index < -0.39 is 29.7 Å².